The number of esters is 2. The van der Waals surface area contributed by atoms with Crippen molar-refractivity contribution >= 4 is 23.5 Å². The Hall–Kier alpha value is -1.72. The number of carbonyl (C=O) groups excluding carboxylic acids is 4. The lowest BCUT2D eigenvalue weighted by atomic mass is 9.75. The van der Waals surface area contributed by atoms with Gasteiger partial charge in [0.15, 0.2) is 17.0 Å². The molecule has 0 rings (SSSR count). The molecule has 0 amide bonds. The van der Waals surface area contributed by atoms with Crippen molar-refractivity contribution in [1.29, 1.82) is 0 Å². The van der Waals surface area contributed by atoms with Crippen LogP contribution in [0.25, 0.3) is 0 Å². The summed E-state index contributed by atoms with van der Waals surface area (Å²) < 4.78 is 10.5. The van der Waals surface area contributed by atoms with E-state index >= 15 is 0 Å². The Balaban J connectivity index is 5.18. The Morgan fingerprint density at radius 1 is 0.750 bits per heavy atom. The van der Waals surface area contributed by atoms with E-state index in [1.165, 1.54) is 13.8 Å². The highest BCUT2D eigenvalue weighted by Crippen LogP contribution is 2.31. The van der Waals surface area contributed by atoms with Gasteiger partial charge in [0.05, 0.1) is 0 Å². The maximum atomic E-state index is 12.5. The number of rotatable bonds is 7. The standard InChI is InChI=1S/C18H30O6/c1-12(19)18(13(2)20,15(22)24-17(6,7)8)11-9-10-14(21)23-16(3,4)5/h9-11H2,1-8H3. The summed E-state index contributed by atoms with van der Waals surface area (Å²) >= 11 is 0. The molecule has 0 atom stereocenters. The molecule has 0 saturated heterocycles. The van der Waals surface area contributed by atoms with Crippen molar-refractivity contribution in [3.63, 3.8) is 0 Å². The van der Waals surface area contributed by atoms with Crippen LogP contribution in [-0.2, 0) is 28.7 Å². The highest BCUT2D eigenvalue weighted by Gasteiger charge is 2.50. The van der Waals surface area contributed by atoms with Crippen LogP contribution in [0.3, 0.4) is 0 Å². The second kappa shape index (κ2) is 7.90. The summed E-state index contributed by atoms with van der Waals surface area (Å²) in [6.45, 7) is 12.6. The van der Waals surface area contributed by atoms with Crippen molar-refractivity contribution in [3.05, 3.63) is 0 Å². The Labute approximate surface area is 144 Å². The fraction of sp³-hybridized carbons (Fsp3) is 0.778. The van der Waals surface area contributed by atoms with Crippen LogP contribution in [0.5, 0.6) is 0 Å². The summed E-state index contributed by atoms with van der Waals surface area (Å²) in [4.78, 5) is 48.5. The van der Waals surface area contributed by atoms with Crippen LogP contribution in [0, 0.1) is 5.41 Å². The summed E-state index contributed by atoms with van der Waals surface area (Å²) in [5.74, 6) is -2.45. The van der Waals surface area contributed by atoms with Crippen LogP contribution in [0.2, 0.25) is 0 Å². The van der Waals surface area contributed by atoms with Crippen molar-refractivity contribution in [2.45, 2.75) is 85.9 Å². The van der Waals surface area contributed by atoms with E-state index in [4.69, 9.17) is 9.47 Å². The van der Waals surface area contributed by atoms with E-state index < -0.39 is 40.1 Å². The smallest absolute Gasteiger partial charge is 0.327 e. The minimum Gasteiger partial charge on any atom is -0.460 e. The van der Waals surface area contributed by atoms with E-state index in [9.17, 15) is 19.2 Å². The quantitative estimate of drug-likeness (QED) is 0.522. The highest BCUT2D eigenvalue weighted by molar-refractivity contribution is 6.21. The largest absolute Gasteiger partial charge is 0.460 e. The average Bonchev–Trinajstić information content (AvgIpc) is 2.28. The van der Waals surface area contributed by atoms with Crippen LogP contribution in [0.4, 0.5) is 0 Å². The van der Waals surface area contributed by atoms with E-state index in [0.717, 1.165) is 0 Å². The number of hydrogen-bond acceptors (Lipinski definition) is 6. The zero-order valence-electron chi connectivity index (χ0n) is 16.1. The first-order valence-corrected chi connectivity index (χ1v) is 8.09. The van der Waals surface area contributed by atoms with E-state index in [1.54, 1.807) is 41.5 Å². The molecule has 0 unspecified atom stereocenters. The SMILES string of the molecule is CC(=O)C(CCCC(=O)OC(C)(C)C)(C(C)=O)C(=O)OC(C)(C)C. The van der Waals surface area contributed by atoms with Gasteiger partial charge in [0.1, 0.15) is 11.2 Å². The van der Waals surface area contributed by atoms with Crippen molar-refractivity contribution in [2.75, 3.05) is 0 Å². The van der Waals surface area contributed by atoms with Gasteiger partial charge in [-0.05, 0) is 68.2 Å². The van der Waals surface area contributed by atoms with E-state index in [0.29, 0.717) is 0 Å². The van der Waals surface area contributed by atoms with Crippen molar-refractivity contribution < 1.29 is 28.7 Å². The average molecular weight is 342 g/mol. The molecule has 0 aliphatic carbocycles. The summed E-state index contributed by atoms with van der Waals surface area (Å²) in [5.41, 5.74) is -3.30. The molecule has 0 aliphatic heterocycles. The van der Waals surface area contributed by atoms with Gasteiger partial charge in [0.25, 0.3) is 0 Å². The Morgan fingerprint density at radius 2 is 1.17 bits per heavy atom. The third-order valence-corrected chi connectivity index (χ3v) is 3.30. The van der Waals surface area contributed by atoms with Gasteiger partial charge in [-0.3, -0.25) is 19.2 Å². The maximum Gasteiger partial charge on any atom is 0.327 e. The molecular weight excluding hydrogens is 312 g/mol. The molecule has 24 heavy (non-hydrogen) atoms. The van der Waals surface area contributed by atoms with Crippen molar-refractivity contribution in [2.24, 2.45) is 5.41 Å². The molecule has 0 radical (unpaired) electrons. The van der Waals surface area contributed by atoms with Gasteiger partial charge < -0.3 is 9.47 Å². The van der Waals surface area contributed by atoms with Crippen molar-refractivity contribution in [3.8, 4) is 0 Å². The number of hydrogen-bond donors (Lipinski definition) is 0. The van der Waals surface area contributed by atoms with E-state index in [-0.39, 0.29) is 19.3 Å². The van der Waals surface area contributed by atoms with Gasteiger partial charge in [-0.15, -0.1) is 0 Å². The molecule has 0 aliphatic rings. The predicted octanol–water partition coefficient (Wildman–Crippen LogP) is 3.00. The molecule has 0 heterocycles. The number of ether oxygens (including phenoxy) is 2. The van der Waals surface area contributed by atoms with Gasteiger partial charge in [0, 0.05) is 6.42 Å². The van der Waals surface area contributed by atoms with Crippen molar-refractivity contribution in [1.82, 2.24) is 0 Å². The maximum absolute atomic E-state index is 12.5. The molecule has 0 bridgehead atoms. The van der Waals surface area contributed by atoms with Crippen LogP contribution in [0.1, 0.15) is 74.7 Å². The fourth-order valence-electron chi connectivity index (χ4n) is 2.25. The Bertz CT molecular complexity index is 491. The molecule has 138 valence electrons. The van der Waals surface area contributed by atoms with E-state index in [2.05, 4.69) is 0 Å². The number of ketones is 2. The lowest BCUT2D eigenvalue weighted by Crippen LogP contribution is -2.47. The zero-order valence-corrected chi connectivity index (χ0v) is 16.1. The number of Topliss-reactive ketones (excluding diaryl/α,β-unsaturated/α-hetero) is 2. The lowest BCUT2D eigenvalue weighted by Gasteiger charge is -2.30. The lowest BCUT2D eigenvalue weighted by molar-refractivity contribution is -0.173. The predicted molar refractivity (Wildman–Crippen MR) is 89.3 cm³/mol. The molecule has 6 nitrogen and oxygen atoms in total. The summed E-state index contributed by atoms with van der Waals surface area (Å²) in [5, 5.41) is 0. The first-order chi connectivity index (χ1) is 10.6. The first kappa shape index (κ1) is 22.3. The summed E-state index contributed by atoms with van der Waals surface area (Å²) in [6, 6.07) is 0. The second-order valence-electron chi connectivity index (χ2n) is 7.96. The van der Waals surface area contributed by atoms with Gasteiger partial charge in [-0.25, -0.2) is 0 Å². The minimum atomic E-state index is -1.87. The molecule has 6 heteroatoms. The molecule has 0 spiro atoms. The molecule has 0 aromatic rings. The van der Waals surface area contributed by atoms with Crippen LogP contribution in [-0.4, -0.2) is 34.7 Å². The first-order valence-electron chi connectivity index (χ1n) is 8.09. The minimum absolute atomic E-state index is 0.0162. The molecule has 0 aromatic heterocycles. The van der Waals surface area contributed by atoms with Crippen LogP contribution in [0.15, 0.2) is 0 Å². The monoisotopic (exact) mass is 342 g/mol. The molecule has 0 saturated carbocycles. The second-order valence-corrected chi connectivity index (χ2v) is 7.96. The Kier molecular flexibility index (Phi) is 7.34. The topological polar surface area (TPSA) is 86.7 Å². The van der Waals surface area contributed by atoms with Gasteiger partial charge in [0.2, 0.25) is 0 Å². The summed E-state index contributed by atoms with van der Waals surface area (Å²) in [6.07, 6.45) is 0.113. The van der Waals surface area contributed by atoms with Crippen LogP contribution < -0.4 is 0 Å². The third kappa shape index (κ3) is 6.81. The Morgan fingerprint density at radius 3 is 1.50 bits per heavy atom. The number of carbonyl (C=O) groups is 4. The fourth-order valence-corrected chi connectivity index (χ4v) is 2.25. The molecular formula is C18H30O6. The molecule has 0 N–H and O–H groups in total. The van der Waals surface area contributed by atoms with E-state index in [1.807, 2.05) is 0 Å². The van der Waals surface area contributed by atoms with Gasteiger partial charge >= 0.3 is 11.9 Å². The summed E-state index contributed by atoms with van der Waals surface area (Å²) in [7, 11) is 0. The highest BCUT2D eigenvalue weighted by atomic mass is 16.6. The molecule has 0 fully saturated rings. The third-order valence-electron chi connectivity index (χ3n) is 3.30. The van der Waals surface area contributed by atoms with Gasteiger partial charge in [-0.1, -0.05) is 0 Å². The van der Waals surface area contributed by atoms with Crippen LogP contribution >= 0.6 is 0 Å². The zero-order chi connectivity index (χ0) is 19.3. The van der Waals surface area contributed by atoms with Gasteiger partial charge in [-0.2, -0.15) is 0 Å². The normalized spacial score (nSPS) is 12.5. The molecule has 0 aromatic carbocycles.